The Morgan fingerprint density at radius 1 is 0.972 bits per heavy atom. The van der Waals surface area contributed by atoms with E-state index in [1.54, 1.807) is 36.4 Å². The number of para-hydroxylation sites is 1. The number of likely N-dealkylation sites (tertiary alicyclic amines) is 1. The third-order valence-electron chi connectivity index (χ3n) is 5.99. The first-order valence-electron chi connectivity index (χ1n) is 11.2. The van der Waals surface area contributed by atoms with E-state index in [-0.39, 0.29) is 48.0 Å². The van der Waals surface area contributed by atoms with Crippen LogP contribution in [0.2, 0.25) is 0 Å². The van der Waals surface area contributed by atoms with Crippen LogP contribution in [0.3, 0.4) is 0 Å². The van der Waals surface area contributed by atoms with Gasteiger partial charge in [-0.05, 0) is 36.6 Å². The van der Waals surface area contributed by atoms with Crippen LogP contribution in [0.4, 0.5) is 5.69 Å². The maximum atomic E-state index is 13.1. The first kappa shape index (κ1) is 25.2. The lowest BCUT2D eigenvalue weighted by molar-refractivity contribution is -0.163. The molecule has 1 N–H and O–H groups in total. The van der Waals surface area contributed by atoms with E-state index in [2.05, 4.69) is 21.2 Å². The Labute approximate surface area is 214 Å². The van der Waals surface area contributed by atoms with Crippen molar-refractivity contribution < 1.29 is 33.5 Å². The summed E-state index contributed by atoms with van der Waals surface area (Å²) in [6, 6.07) is 12.1. The molecule has 2 aliphatic heterocycles. The van der Waals surface area contributed by atoms with Crippen molar-refractivity contribution in [2.45, 2.75) is 31.7 Å². The lowest BCUT2D eigenvalue weighted by atomic mass is 10.0. The van der Waals surface area contributed by atoms with E-state index < -0.39 is 42.4 Å². The molecule has 2 aromatic carbocycles. The minimum atomic E-state index is -1.15. The smallest absolute Gasteiger partial charge is 0.307 e. The van der Waals surface area contributed by atoms with Crippen LogP contribution < -0.4 is 5.32 Å². The number of nitrogens with one attached hydrogen (secondary N) is 1. The maximum Gasteiger partial charge on any atom is 0.307 e. The van der Waals surface area contributed by atoms with Crippen molar-refractivity contribution in [1.29, 1.82) is 0 Å². The second-order valence-electron chi connectivity index (χ2n) is 8.22. The summed E-state index contributed by atoms with van der Waals surface area (Å²) in [6.07, 6.45) is 0.128. The number of fused-ring (bicyclic) bond motifs is 1. The molecule has 1 unspecified atom stereocenters. The van der Waals surface area contributed by atoms with Crippen LogP contribution in [0, 0.1) is 0 Å². The highest BCUT2D eigenvalue weighted by molar-refractivity contribution is 9.09. The molecule has 2 aromatic rings. The predicted octanol–water partition coefficient (Wildman–Crippen LogP) is 2.27. The molecule has 0 aliphatic carbocycles. The Hall–Kier alpha value is -3.86. The van der Waals surface area contributed by atoms with Crippen molar-refractivity contribution in [2.75, 3.05) is 17.4 Å². The van der Waals surface area contributed by atoms with Crippen LogP contribution in [-0.4, -0.2) is 63.4 Å². The molecular weight excluding hydrogens is 534 g/mol. The third kappa shape index (κ3) is 5.06. The van der Waals surface area contributed by atoms with Crippen LogP contribution in [0.25, 0.3) is 0 Å². The summed E-state index contributed by atoms with van der Waals surface area (Å²) in [7, 11) is 0. The Kier molecular flexibility index (Phi) is 7.58. The van der Waals surface area contributed by atoms with Gasteiger partial charge in [-0.2, -0.15) is 0 Å². The molecule has 0 saturated carbocycles. The van der Waals surface area contributed by atoms with Crippen molar-refractivity contribution in [3.63, 3.8) is 0 Å². The molecule has 186 valence electrons. The van der Waals surface area contributed by atoms with Gasteiger partial charge in [0.25, 0.3) is 17.7 Å². The molecule has 1 atom stereocenters. The van der Waals surface area contributed by atoms with E-state index in [0.29, 0.717) is 5.69 Å². The molecule has 0 spiro atoms. The van der Waals surface area contributed by atoms with Crippen LogP contribution in [0.15, 0.2) is 48.5 Å². The zero-order valence-electron chi connectivity index (χ0n) is 19.1. The molecule has 1 saturated heterocycles. The Bertz CT molecular complexity index is 1230. The van der Waals surface area contributed by atoms with Gasteiger partial charge in [-0.25, -0.2) is 4.90 Å². The highest BCUT2D eigenvalue weighted by atomic mass is 79.9. The zero-order valence-corrected chi connectivity index (χ0v) is 20.7. The maximum absolute atomic E-state index is 13.1. The van der Waals surface area contributed by atoms with Gasteiger partial charge in [0.1, 0.15) is 6.04 Å². The minimum absolute atomic E-state index is 0.00445. The van der Waals surface area contributed by atoms with Gasteiger partial charge in [-0.3, -0.25) is 33.7 Å². The number of hydrogen-bond acceptors (Lipinski definition) is 7. The normalized spacial score (nSPS) is 17.3. The number of anilines is 1. The lowest BCUT2D eigenvalue weighted by Gasteiger charge is -2.34. The van der Waals surface area contributed by atoms with Gasteiger partial charge in [0.05, 0.1) is 16.5 Å². The monoisotopic (exact) mass is 555 g/mol. The number of imide groups is 2. The first-order valence-corrected chi connectivity index (χ1v) is 12.3. The topological polar surface area (TPSA) is 130 Å². The molecule has 1 fully saturated rings. The van der Waals surface area contributed by atoms with Gasteiger partial charge in [0.15, 0.2) is 6.73 Å². The Balaban J connectivity index is 1.36. The van der Waals surface area contributed by atoms with Crippen molar-refractivity contribution in [2.24, 2.45) is 0 Å². The second-order valence-corrected chi connectivity index (χ2v) is 8.79. The first-order chi connectivity index (χ1) is 17.3. The highest BCUT2D eigenvalue weighted by Crippen LogP contribution is 2.29. The van der Waals surface area contributed by atoms with Crippen LogP contribution in [0.1, 0.15) is 45.5 Å². The van der Waals surface area contributed by atoms with Crippen molar-refractivity contribution >= 4 is 57.1 Å². The number of ether oxygens (including phenoxy) is 1. The summed E-state index contributed by atoms with van der Waals surface area (Å²) in [5, 5.41) is 2.86. The van der Waals surface area contributed by atoms with Crippen molar-refractivity contribution in [3.05, 3.63) is 65.2 Å². The van der Waals surface area contributed by atoms with Gasteiger partial charge >= 0.3 is 5.97 Å². The average Bonchev–Trinajstić information content (AvgIpc) is 3.13. The highest BCUT2D eigenvalue weighted by Gasteiger charge is 2.47. The molecule has 0 aromatic heterocycles. The number of hydrogen-bond donors (Lipinski definition) is 1. The average molecular weight is 556 g/mol. The van der Waals surface area contributed by atoms with E-state index >= 15 is 0 Å². The molecule has 0 bridgehead atoms. The number of carbonyl (C=O) groups is 6. The molecular formula is C25H22BrN3O7. The fraction of sp³-hybridized carbons (Fsp3) is 0.280. The van der Waals surface area contributed by atoms with Gasteiger partial charge in [0.2, 0.25) is 11.8 Å². The fourth-order valence-corrected chi connectivity index (χ4v) is 4.32. The number of amides is 5. The molecule has 2 heterocycles. The Morgan fingerprint density at radius 3 is 2.28 bits per heavy atom. The summed E-state index contributed by atoms with van der Waals surface area (Å²) in [5.41, 5.74) is 1.70. The van der Waals surface area contributed by atoms with E-state index in [1.165, 1.54) is 12.1 Å². The van der Waals surface area contributed by atoms with Crippen LogP contribution in [-0.2, 0) is 30.3 Å². The van der Waals surface area contributed by atoms with E-state index in [1.807, 2.05) is 0 Å². The number of alkyl halides is 1. The summed E-state index contributed by atoms with van der Waals surface area (Å²) in [6.45, 7) is -0.613. The number of piperidine rings is 1. The number of carbonyl (C=O) groups excluding carboxylic acids is 6. The molecule has 0 radical (unpaired) electrons. The number of halogens is 1. The van der Waals surface area contributed by atoms with E-state index in [4.69, 9.17) is 4.74 Å². The van der Waals surface area contributed by atoms with Crippen LogP contribution in [0.5, 0.6) is 0 Å². The van der Waals surface area contributed by atoms with Crippen LogP contribution >= 0.6 is 15.9 Å². The second kappa shape index (κ2) is 10.8. The zero-order chi connectivity index (χ0) is 25.8. The fourth-order valence-electron chi connectivity index (χ4n) is 4.18. The molecule has 10 nitrogen and oxygen atoms in total. The minimum Gasteiger partial charge on any atom is -0.444 e. The SMILES string of the molecule is O=C(CBr)Nc1ccccc1CCC(=O)OCN1C(=O)CCC(N2C(=O)c3ccccc3C2=O)C1=O. The van der Waals surface area contributed by atoms with E-state index in [9.17, 15) is 28.8 Å². The summed E-state index contributed by atoms with van der Waals surface area (Å²) in [5.74, 6) is -3.39. The number of nitrogens with zero attached hydrogens (tertiary/aromatic N) is 2. The van der Waals surface area contributed by atoms with Gasteiger partial charge in [0, 0.05) is 18.5 Å². The number of rotatable bonds is 8. The lowest BCUT2D eigenvalue weighted by Crippen LogP contribution is -2.56. The molecule has 36 heavy (non-hydrogen) atoms. The number of aryl methyl sites for hydroxylation is 1. The quantitative estimate of drug-likeness (QED) is 0.300. The summed E-state index contributed by atoms with van der Waals surface area (Å²) >= 11 is 3.08. The van der Waals surface area contributed by atoms with Gasteiger partial charge in [-0.15, -0.1) is 0 Å². The van der Waals surface area contributed by atoms with Gasteiger partial charge in [-0.1, -0.05) is 46.3 Å². The molecule has 11 heteroatoms. The molecule has 5 amide bonds. The third-order valence-corrected chi connectivity index (χ3v) is 6.50. The van der Waals surface area contributed by atoms with E-state index in [0.717, 1.165) is 15.4 Å². The van der Waals surface area contributed by atoms with Gasteiger partial charge < -0.3 is 10.1 Å². The predicted molar refractivity (Wildman–Crippen MR) is 130 cm³/mol. The Morgan fingerprint density at radius 2 is 1.61 bits per heavy atom. The number of benzene rings is 2. The number of esters is 1. The summed E-state index contributed by atoms with van der Waals surface area (Å²) < 4.78 is 5.17. The standard InChI is InChI=1S/C25H22BrN3O7/c26-13-20(30)27-18-8-4-1-5-15(18)9-12-22(32)36-14-28-21(31)11-10-19(25(28)35)29-23(33)16-6-2-3-7-17(16)24(29)34/h1-8,19H,9-14H2,(H,27,30). The van der Waals surface area contributed by atoms with Crippen molar-refractivity contribution in [1.82, 2.24) is 9.80 Å². The summed E-state index contributed by atoms with van der Waals surface area (Å²) in [4.78, 5) is 76.7. The molecule has 2 aliphatic rings. The molecule has 4 rings (SSSR count). The van der Waals surface area contributed by atoms with Crippen molar-refractivity contribution in [3.8, 4) is 0 Å². The largest absolute Gasteiger partial charge is 0.444 e.